The first kappa shape index (κ1) is 16.9. The molecule has 5 heterocycles. The van der Waals surface area contributed by atoms with Crippen LogP contribution in [0.15, 0.2) is 48.7 Å². The van der Waals surface area contributed by atoms with Crippen molar-refractivity contribution in [3.8, 4) is 0 Å². The maximum absolute atomic E-state index is 13.3. The second-order valence-corrected chi connectivity index (χ2v) is 7.60. The highest BCUT2D eigenvalue weighted by molar-refractivity contribution is 6.04. The number of H-pyrrole nitrogens is 1. The quantitative estimate of drug-likeness (QED) is 0.745. The number of aromatic amines is 1. The van der Waals surface area contributed by atoms with Crippen LogP contribution in [0.3, 0.4) is 0 Å². The van der Waals surface area contributed by atoms with Crippen LogP contribution in [-0.2, 0) is 0 Å². The maximum atomic E-state index is 13.3. The van der Waals surface area contributed by atoms with Gasteiger partial charge in [-0.05, 0) is 37.0 Å². The summed E-state index contributed by atoms with van der Waals surface area (Å²) in [7, 11) is 0. The molecule has 2 aromatic heterocycles. The minimum Gasteiger partial charge on any atom is -0.335 e. The SMILES string of the molecule is O=C(c1ccccn1)N1C[C@H]2CC[C@@H](C1)N(C(=O)c1n[nH]c3ccccc13)C2. The van der Waals surface area contributed by atoms with Gasteiger partial charge in [0.05, 0.1) is 5.52 Å². The van der Waals surface area contributed by atoms with Gasteiger partial charge in [0.25, 0.3) is 11.8 Å². The monoisotopic (exact) mass is 375 g/mol. The van der Waals surface area contributed by atoms with Gasteiger partial charge in [-0.1, -0.05) is 24.3 Å². The zero-order chi connectivity index (χ0) is 19.1. The van der Waals surface area contributed by atoms with Crippen molar-refractivity contribution < 1.29 is 9.59 Å². The van der Waals surface area contributed by atoms with E-state index < -0.39 is 0 Å². The van der Waals surface area contributed by atoms with Crippen molar-refractivity contribution >= 4 is 22.7 Å². The van der Waals surface area contributed by atoms with Crippen LogP contribution in [0.1, 0.15) is 33.8 Å². The third kappa shape index (κ3) is 2.83. The molecule has 1 aromatic carbocycles. The summed E-state index contributed by atoms with van der Waals surface area (Å²) in [5.41, 5.74) is 1.78. The topological polar surface area (TPSA) is 82.2 Å². The highest BCUT2D eigenvalue weighted by Crippen LogP contribution is 2.30. The molecule has 2 atom stereocenters. The third-order valence-corrected chi connectivity index (χ3v) is 5.82. The minimum absolute atomic E-state index is 0.00868. The van der Waals surface area contributed by atoms with Gasteiger partial charge in [-0.15, -0.1) is 0 Å². The van der Waals surface area contributed by atoms with Crippen molar-refractivity contribution in [2.24, 2.45) is 5.92 Å². The molecule has 3 saturated heterocycles. The van der Waals surface area contributed by atoms with Gasteiger partial charge in [0.1, 0.15) is 5.69 Å². The Bertz CT molecular complexity index is 1030. The van der Waals surface area contributed by atoms with Crippen LogP contribution in [0.2, 0.25) is 0 Å². The maximum Gasteiger partial charge on any atom is 0.275 e. The van der Waals surface area contributed by atoms with E-state index in [1.54, 1.807) is 18.3 Å². The molecule has 142 valence electrons. The Balaban J connectivity index is 1.41. The van der Waals surface area contributed by atoms with Gasteiger partial charge in [0.15, 0.2) is 5.69 Å². The van der Waals surface area contributed by atoms with Gasteiger partial charge in [0, 0.05) is 37.3 Å². The second-order valence-electron chi connectivity index (χ2n) is 7.60. The largest absolute Gasteiger partial charge is 0.335 e. The Morgan fingerprint density at radius 1 is 0.964 bits per heavy atom. The van der Waals surface area contributed by atoms with Gasteiger partial charge in [-0.25, -0.2) is 0 Å². The summed E-state index contributed by atoms with van der Waals surface area (Å²) < 4.78 is 0. The molecule has 7 heteroatoms. The van der Waals surface area contributed by atoms with E-state index in [1.165, 1.54) is 0 Å². The number of carbonyl (C=O) groups excluding carboxylic acids is 2. The van der Waals surface area contributed by atoms with Gasteiger partial charge in [-0.2, -0.15) is 5.10 Å². The number of hydrogen-bond donors (Lipinski definition) is 1. The Morgan fingerprint density at radius 2 is 1.82 bits per heavy atom. The Hall–Kier alpha value is -3.22. The first-order valence-electron chi connectivity index (χ1n) is 9.65. The number of hydrogen-bond acceptors (Lipinski definition) is 4. The number of rotatable bonds is 2. The normalized spacial score (nSPS) is 21.7. The molecule has 2 bridgehead atoms. The van der Waals surface area contributed by atoms with Crippen LogP contribution >= 0.6 is 0 Å². The number of para-hydroxylation sites is 1. The van der Waals surface area contributed by atoms with Gasteiger partial charge in [-0.3, -0.25) is 19.7 Å². The lowest BCUT2D eigenvalue weighted by Gasteiger charge is -2.35. The number of piperidine rings is 1. The Morgan fingerprint density at radius 3 is 2.68 bits per heavy atom. The minimum atomic E-state index is -0.0583. The fourth-order valence-electron chi connectivity index (χ4n) is 4.41. The van der Waals surface area contributed by atoms with Crippen LogP contribution in [0.5, 0.6) is 0 Å². The van der Waals surface area contributed by atoms with Crippen LogP contribution in [0.25, 0.3) is 10.9 Å². The standard InChI is InChI=1S/C21H21N5O2/c27-20(18-7-3-4-10-22-18)25-11-14-8-9-15(13-25)26(12-14)21(28)19-16-5-1-2-6-17(16)23-24-19/h1-7,10,14-15H,8-9,11-13H2,(H,23,24)/t14-,15+/m1/s1. The average Bonchev–Trinajstić information content (AvgIpc) is 2.95. The zero-order valence-corrected chi connectivity index (χ0v) is 15.4. The first-order chi connectivity index (χ1) is 13.7. The summed E-state index contributed by atoms with van der Waals surface area (Å²) in [6.07, 6.45) is 3.57. The summed E-state index contributed by atoms with van der Waals surface area (Å²) >= 11 is 0. The van der Waals surface area contributed by atoms with Crippen LogP contribution in [0.4, 0.5) is 0 Å². The summed E-state index contributed by atoms with van der Waals surface area (Å²) in [6, 6.07) is 13.0. The van der Waals surface area contributed by atoms with E-state index in [0.717, 1.165) is 23.7 Å². The Labute approximate surface area is 162 Å². The predicted octanol–water partition coefficient (Wildman–Crippen LogP) is 2.33. The van der Waals surface area contributed by atoms with E-state index in [9.17, 15) is 9.59 Å². The van der Waals surface area contributed by atoms with Gasteiger partial charge < -0.3 is 9.80 Å². The molecule has 6 rings (SSSR count). The van der Waals surface area contributed by atoms with Gasteiger partial charge in [0.2, 0.25) is 0 Å². The molecule has 0 radical (unpaired) electrons. The summed E-state index contributed by atoms with van der Waals surface area (Å²) in [5, 5.41) is 8.07. The summed E-state index contributed by atoms with van der Waals surface area (Å²) in [4.78, 5) is 34.2. The molecule has 28 heavy (non-hydrogen) atoms. The molecule has 0 aliphatic carbocycles. The molecule has 7 nitrogen and oxygen atoms in total. The third-order valence-electron chi connectivity index (χ3n) is 5.82. The van der Waals surface area contributed by atoms with Crippen molar-refractivity contribution in [2.45, 2.75) is 18.9 Å². The molecule has 3 aliphatic rings. The number of nitrogens with one attached hydrogen (secondary N) is 1. The van der Waals surface area contributed by atoms with E-state index in [4.69, 9.17) is 0 Å². The fourth-order valence-corrected chi connectivity index (χ4v) is 4.41. The van der Waals surface area contributed by atoms with Crippen molar-refractivity contribution in [2.75, 3.05) is 19.6 Å². The van der Waals surface area contributed by atoms with Gasteiger partial charge >= 0.3 is 0 Å². The van der Waals surface area contributed by atoms with E-state index in [2.05, 4.69) is 15.2 Å². The number of pyridine rings is 1. The molecule has 0 spiro atoms. The lowest BCUT2D eigenvalue weighted by Crippen LogP contribution is -2.47. The highest BCUT2D eigenvalue weighted by atomic mass is 16.2. The average molecular weight is 375 g/mol. The number of carbonyl (C=O) groups is 2. The molecule has 0 unspecified atom stereocenters. The number of benzene rings is 1. The molecular weight excluding hydrogens is 354 g/mol. The molecule has 1 N–H and O–H groups in total. The highest BCUT2D eigenvalue weighted by Gasteiger charge is 2.40. The smallest absolute Gasteiger partial charge is 0.275 e. The van der Waals surface area contributed by atoms with E-state index in [0.29, 0.717) is 31.0 Å². The molecular formula is C21H21N5O2. The predicted molar refractivity (Wildman–Crippen MR) is 104 cm³/mol. The lowest BCUT2D eigenvalue weighted by molar-refractivity contribution is 0.0570. The molecule has 3 fully saturated rings. The lowest BCUT2D eigenvalue weighted by atomic mass is 9.94. The van der Waals surface area contributed by atoms with E-state index >= 15 is 0 Å². The van der Waals surface area contributed by atoms with Crippen molar-refractivity contribution in [3.05, 3.63) is 60.0 Å². The molecule has 0 saturated carbocycles. The summed E-state index contributed by atoms with van der Waals surface area (Å²) in [6.45, 7) is 1.87. The molecule has 2 amide bonds. The van der Waals surface area contributed by atoms with E-state index in [1.807, 2.05) is 40.1 Å². The number of fused-ring (bicyclic) bond motifs is 5. The number of nitrogens with zero attached hydrogens (tertiary/aromatic N) is 4. The summed E-state index contributed by atoms with van der Waals surface area (Å²) in [5.74, 6) is 0.164. The number of aromatic nitrogens is 3. The molecule has 3 aromatic rings. The first-order valence-corrected chi connectivity index (χ1v) is 9.65. The van der Waals surface area contributed by atoms with Crippen molar-refractivity contribution in [1.29, 1.82) is 0 Å². The molecule has 3 aliphatic heterocycles. The van der Waals surface area contributed by atoms with Crippen molar-refractivity contribution in [3.63, 3.8) is 0 Å². The van der Waals surface area contributed by atoms with Crippen LogP contribution < -0.4 is 0 Å². The van der Waals surface area contributed by atoms with Crippen molar-refractivity contribution in [1.82, 2.24) is 25.0 Å². The van der Waals surface area contributed by atoms with E-state index in [-0.39, 0.29) is 23.8 Å². The number of amides is 2. The zero-order valence-electron chi connectivity index (χ0n) is 15.4. The Kier molecular flexibility index (Phi) is 4.07. The van der Waals surface area contributed by atoms with Crippen LogP contribution in [-0.4, -0.2) is 62.5 Å². The second kappa shape index (κ2) is 6.74. The van der Waals surface area contributed by atoms with Crippen LogP contribution in [0, 0.1) is 5.92 Å². The fraction of sp³-hybridized carbons (Fsp3) is 0.333.